The van der Waals surface area contributed by atoms with Crippen LogP contribution in [0.25, 0.3) is 0 Å². The summed E-state index contributed by atoms with van der Waals surface area (Å²) in [5.41, 5.74) is -1.04. The summed E-state index contributed by atoms with van der Waals surface area (Å²) in [7, 11) is 0. The molecule has 3 saturated carbocycles. The predicted octanol–water partition coefficient (Wildman–Crippen LogP) is 5.42. The monoisotopic (exact) mass is 392 g/mol. The Balaban J connectivity index is 1.76. The van der Waals surface area contributed by atoms with Crippen LogP contribution >= 0.6 is 23.5 Å². The molecule has 3 aliphatic rings. The summed E-state index contributed by atoms with van der Waals surface area (Å²) in [6.45, 7) is 0. The van der Waals surface area contributed by atoms with Gasteiger partial charge < -0.3 is 10.0 Å². The Hall–Kier alpha value is -1.08. The third-order valence-electron chi connectivity index (χ3n) is 5.66. The number of carbonyl (C=O) groups is 1. The van der Waals surface area contributed by atoms with E-state index in [1.54, 1.807) is 18.2 Å². The fraction of sp³-hybridized carbons (Fsp3) is 0.588. The molecule has 0 heterocycles. The van der Waals surface area contributed by atoms with E-state index in [-0.39, 0.29) is 25.2 Å². The lowest BCUT2D eigenvalue weighted by Gasteiger charge is -2.53. The number of fused-ring (bicyclic) bond motifs is 3. The third-order valence-corrected chi connectivity index (χ3v) is 6.32. The summed E-state index contributed by atoms with van der Waals surface area (Å²) >= 11 is 7.36. The van der Waals surface area contributed by atoms with Crippen LogP contribution in [0.5, 0.6) is 0 Å². The van der Waals surface area contributed by atoms with Crippen molar-refractivity contribution in [3.63, 3.8) is 0 Å². The van der Waals surface area contributed by atoms with Gasteiger partial charge in [0.1, 0.15) is 0 Å². The van der Waals surface area contributed by atoms with Crippen LogP contribution in [-0.4, -0.2) is 23.9 Å². The maximum Gasteiger partial charge on any atom is 0.394 e. The molecule has 1 aromatic carbocycles. The molecule has 2 N–H and O–H groups in total. The van der Waals surface area contributed by atoms with Gasteiger partial charge in [0.25, 0.3) is 5.91 Å². The van der Waals surface area contributed by atoms with Gasteiger partial charge in [0.05, 0.1) is 16.7 Å². The fourth-order valence-electron chi connectivity index (χ4n) is 4.01. The van der Waals surface area contributed by atoms with E-state index < -0.39 is 17.1 Å². The summed E-state index contributed by atoms with van der Waals surface area (Å²) in [6.07, 6.45) is -0.967. The number of benzene rings is 1. The van der Waals surface area contributed by atoms with Gasteiger partial charge in [0.15, 0.2) is 0 Å². The predicted molar refractivity (Wildman–Crippen MR) is 95.0 cm³/mol. The number of hydrogen-bond donors (Lipinski definition) is 2. The number of nitrogens with one attached hydrogen (secondary N) is 2. The van der Waals surface area contributed by atoms with Crippen LogP contribution in [0.15, 0.2) is 18.2 Å². The maximum atomic E-state index is 13.3. The molecule has 0 atom stereocenters. The lowest BCUT2D eigenvalue weighted by atomic mass is 9.57. The van der Waals surface area contributed by atoms with E-state index in [9.17, 15) is 18.0 Å². The molecule has 138 valence electrons. The molecule has 25 heavy (non-hydrogen) atoms. The van der Waals surface area contributed by atoms with E-state index in [2.05, 4.69) is 10.0 Å². The Morgan fingerprint density at radius 1 is 1.16 bits per heavy atom. The van der Waals surface area contributed by atoms with Crippen LogP contribution in [0.3, 0.4) is 0 Å². The summed E-state index contributed by atoms with van der Waals surface area (Å²) < 4.78 is 43.1. The van der Waals surface area contributed by atoms with Gasteiger partial charge in [0.2, 0.25) is 0 Å². The highest BCUT2D eigenvalue weighted by Gasteiger charge is 2.61. The largest absolute Gasteiger partial charge is 0.394 e. The van der Waals surface area contributed by atoms with E-state index in [0.29, 0.717) is 35.5 Å². The van der Waals surface area contributed by atoms with Gasteiger partial charge in [-0.15, -0.1) is 0 Å². The van der Waals surface area contributed by atoms with Gasteiger partial charge in [-0.3, -0.25) is 4.79 Å². The van der Waals surface area contributed by atoms with Gasteiger partial charge in [-0.1, -0.05) is 23.5 Å². The third kappa shape index (κ3) is 3.45. The average molecular weight is 393 g/mol. The first-order valence-electron chi connectivity index (χ1n) is 8.18. The Morgan fingerprint density at radius 3 is 2.28 bits per heavy atom. The van der Waals surface area contributed by atoms with Crippen molar-refractivity contribution in [2.45, 2.75) is 50.2 Å². The van der Waals surface area contributed by atoms with Gasteiger partial charge in [-0.05, 0) is 56.7 Å². The molecule has 0 aliphatic heterocycles. The zero-order chi connectivity index (χ0) is 18.3. The van der Waals surface area contributed by atoms with Crippen molar-refractivity contribution in [2.24, 2.45) is 5.41 Å². The van der Waals surface area contributed by atoms with Crippen LogP contribution in [0, 0.1) is 5.41 Å². The van der Waals surface area contributed by atoms with Crippen molar-refractivity contribution in [1.82, 2.24) is 5.32 Å². The second-order valence-corrected chi connectivity index (χ2v) is 8.06. The summed E-state index contributed by atoms with van der Waals surface area (Å²) in [6, 6.07) is 4.99. The van der Waals surface area contributed by atoms with Gasteiger partial charge in [-0.2, -0.15) is 13.2 Å². The first-order chi connectivity index (χ1) is 11.7. The quantitative estimate of drug-likeness (QED) is 0.672. The lowest BCUT2D eigenvalue weighted by Crippen LogP contribution is -2.59. The number of rotatable bonds is 4. The van der Waals surface area contributed by atoms with Crippen molar-refractivity contribution in [2.75, 3.05) is 11.0 Å². The number of carbonyl (C=O) groups excluding carboxylic acids is 1. The number of anilines is 1. The zero-order valence-corrected chi connectivity index (χ0v) is 15.4. The number of hydrogen-bond acceptors (Lipinski definition) is 3. The van der Waals surface area contributed by atoms with Gasteiger partial charge >= 0.3 is 6.18 Å². The summed E-state index contributed by atoms with van der Waals surface area (Å²) in [5.74, 6) is -0.291. The normalized spacial score (nSPS) is 28.7. The smallest absolute Gasteiger partial charge is 0.347 e. The van der Waals surface area contributed by atoms with Crippen LogP contribution < -0.4 is 10.0 Å². The molecule has 1 aromatic rings. The van der Waals surface area contributed by atoms with E-state index in [1.807, 2.05) is 6.26 Å². The van der Waals surface area contributed by atoms with Crippen LogP contribution in [-0.2, 0) is 0 Å². The second kappa shape index (κ2) is 6.58. The highest BCUT2D eigenvalue weighted by atomic mass is 35.5. The summed E-state index contributed by atoms with van der Waals surface area (Å²) in [4.78, 5) is 12.8. The minimum atomic E-state index is -4.16. The highest BCUT2D eigenvalue weighted by molar-refractivity contribution is 7.99. The molecule has 8 heteroatoms. The molecule has 3 nitrogen and oxygen atoms in total. The molecule has 1 amide bonds. The molecular weight excluding hydrogens is 373 g/mol. The van der Waals surface area contributed by atoms with Gasteiger partial charge in [0, 0.05) is 16.8 Å². The van der Waals surface area contributed by atoms with E-state index in [0.717, 1.165) is 0 Å². The number of alkyl halides is 3. The minimum absolute atomic E-state index is 0.0856. The molecular formula is C17H20ClF3N2OS. The molecule has 3 aliphatic carbocycles. The van der Waals surface area contributed by atoms with Crippen molar-refractivity contribution in [3.05, 3.63) is 28.8 Å². The van der Waals surface area contributed by atoms with Crippen LogP contribution in [0.4, 0.5) is 18.9 Å². The Labute approximate surface area is 154 Å². The summed E-state index contributed by atoms with van der Waals surface area (Å²) in [5, 5.41) is 3.46. The highest BCUT2D eigenvalue weighted by Crippen LogP contribution is 2.59. The molecule has 0 unspecified atom stereocenters. The zero-order valence-electron chi connectivity index (χ0n) is 13.8. The standard InChI is InChI=1S/C17H20ClF3N2OS/c1-25-23-13-3-2-11(18)10-12(13)14(24)22-16-7-4-15(5-8-16,6-9-16)17(19,20)21/h2-3,10,23H,4-9H2,1H3,(H,22,24). The van der Waals surface area contributed by atoms with E-state index in [1.165, 1.54) is 11.9 Å². The Kier molecular flexibility index (Phi) is 4.92. The molecule has 0 spiro atoms. The van der Waals surface area contributed by atoms with Crippen LogP contribution in [0.1, 0.15) is 48.9 Å². The first-order valence-corrected chi connectivity index (χ1v) is 9.78. The van der Waals surface area contributed by atoms with Crippen LogP contribution in [0.2, 0.25) is 5.02 Å². The Bertz CT molecular complexity index is 656. The molecule has 0 radical (unpaired) electrons. The minimum Gasteiger partial charge on any atom is -0.347 e. The lowest BCUT2D eigenvalue weighted by molar-refractivity contribution is -0.253. The van der Waals surface area contributed by atoms with Crippen molar-refractivity contribution in [1.29, 1.82) is 0 Å². The SMILES string of the molecule is CSNc1ccc(Cl)cc1C(=O)NC12CCC(C(F)(F)F)(CC1)CC2. The second-order valence-electron chi connectivity index (χ2n) is 7.01. The fourth-order valence-corrected chi connectivity index (χ4v) is 4.58. The van der Waals surface area contributed by atoms with E-state index >= 15 is 0 Å². The molecule has 2 bridgehead atoms. The van der Waals surface area contributed by atoms with E-state index in [4.69, 9.17) is 11.6 Å². The average Bonchev–Trinajstić information content (AvgIpc) is 2.57. The number of amides is 1. The van der Waals surface area contributed by atoms with Crippen molar-refractivity contribution >= 4 is 35.1 Å². The Morgan fingerprint density at radius 2 is 1.76 bits per heavy atom. The molecule has 3 fully saturated rings. The topological polar surface area (TPSA) is 41.1 Å². The van der Waals surface area contributed by atoms with Gasteiger partial charge in [-0.25, -0.2) is 0 Å². The number of halogens is 4. The maximum absolute atomic E-state index is 13.3. The molecule has 0 saturated heterocycles. The molecule has 0 aromatic heterocycles. The first kappa shape index (κ1) is 18.7. The molecule has 4 rings (SSSR count). The van der Waals surface area contributed by atoms with Crippen molar-refractivity contribution in [3.8, 4) is 0 Å². The van der Waals surface area contributed by atoms with Crippen molar-refractivity contribution < 1.29 is 18.0 Å².